The van der Waals surface area contributed by atoms with Crippen molar-refractivity contribution in [1.82, 2.24) is 0 Å². The number of amides is 2. The average molecular weight is 497 g/mol. The van der Waals surface area contributed by atoms with E-state index >= 15 is 0 Å². The van der Waals surface area contributed by atoms with Gasteiger partial charge in [0.25, 0.3) is 0 Å². The highest BCUT2D eigenvalue weighted by atomic mass is 16.4. The molecule has 4 fully saturated rings. The summed E-state index contributed by atoms with van der Waals surface area (Å²) in [5.74, 6) is -1.47. The lowest BCUT2D eigenvalue weighted by Gasteiger charge is -2.53. The van der Waals surface area contributed by atoms with E-state index in [1.807, 2.05) is 0 Å². The Morgan fingerprint density at radius 2 is 1.36 bits per heavy atom. The fraction of sp³-hybridized carbons (Fsp3) is 0.643. The summed E-state index contributed by atoms with van der Waals surface area (Å²) in [6.45, 7) is 0. The fourth-order valence-electron chi connectivity index (χ4n) is 8.38. The van der Waals surface area contributed by atoms with Gasteiger partial charge in [0.15, 0.2) is 0 Å². The zero-order chi connectivity index (χ0) is 25.4. The fourth-order valence-corrected chi connectivity index (χ4v) is 8.38. The van der Waals surface area contributed by atoms with E-state index in [1.165, 1.54) is 55.9 Å². The first kappa shape index (κ1) is 24.8. The molecule has 4 saturated carbocycles. The monoisotopic (exact) mass is 496 g/mol. The van der Waals surface area contributed by atoms with Crippen LogP contribution in [-0.2, 0) is 19.2 Å². The molecule has 4 bridgehead atoms. The summed E-state index contributed by atoms with van der Waals surface area (Å²) >= 11 is 0. The van der Waals surface area contributed by atoms with E-state index < -0.39 is 23.8 Å². The molecule has 0 aromatic heterocycles. The summed E-state index contributed by atoms with van der Waals surface area (Å²) in [6.07, 6.45) is 13.0. The number of anilines is 2. The van der Waals surface area contributed by atoms with Crippen LogP contribution in [0.4, 0.5) is 11.4 Å². The topological polar surface area (TPSA) is 124 Å². The third kappa shape index (κ3) is 4.87. The first-order valence-electron chi connectivity index (χ1n) is 13.5. The van der Waals surface area contributed by atoms with Crippen molar-refractivity contribution in [2.75, 3.05) is 10.2 Å². The van der Waals surface area contributed by atoms with Crippen molar-refractivity contribution in [3.63, 3.8) is 0 Å². The molecule has 0 radical (unpaired) electrons. The normalized spacial score (nSPS) is 33.3. The Hall–Kier alpha value is -2.90. The minimum absolute atomic E-state index is 0.131. The minimum Gasteiger partial charge on any atom is -0.474 e. The van der Waals surface area contributed by atoms with Crippen molar-refractivity contribution in [2.45, 2.75) is 76.7 Å². The molecule has 8 nitrogen and oxygen atoms in total. The minimum atomic E-state index is -1.65. The lowest BCUT2D eigenvalue weighted by molar-refractivity contribution is -0.149. The van der Waals surface area contributed by atoms with Gasteiger partial charge in [-0.15, -0.1) is 0 Å². The molecular weight excluding hydrogens is 460 g/mol. The first-order valence-corrected chi connectivity index (χ1v) is 13.5. The maximum atomic E-state index is 13.0. The summed E-state index contributed by atoms with van der Waals surface area (Å²) in [5, 5.41) is 21.1. The van der Waals surface area contributed by atoms with Crippen LogP contribution in [0.25, 0.3) is 0 Å². The number of carbonyl (C=O) groups is 4. The summed E-state index contributed by atoms with van der Waals surface area (Å²) in [5.41, 5.74) is 0.375. The van der Waals surface area contributed by atoms with Gasteiger partial charge in [-0.2, -0.15) is 0 Å². The van der Waals surface area contributed by atoms with Crippen molar-refractivity contribution in [1.29, 1.82) is 0 Å². The lowest BCUT2D eigenvalue weighted by atomic mass is 9.54. The predicted octanol–water partition coefficient (Wildman–Crippen LogP) is 4.54. The molecule has 7 atom stereocenters. The van der Waals surface area contributed by atoms with Crippen molar-refractivity contribution in [2.24, 2.45) is 35.5 Å². The van der Waals surface area contributed by atoms with Gasteiger partial charge in [0.2, 0.25) is 0 Å². The molecule has 1 aromatic carbocycles. The van der Waals surface area contributed by atoms with Crippen LogP contribution >= 0.6 is 0 Å². The molecule has 5 rings (SSSR count). The molecule has 4 aliphatic carbocycles. The highest BCUT2D eigenvalue weighted by Gasteiger charge is 2.48. The number of carbonyl (C=O) groups excluding carboxylic acids is 2. The van der Waals surface area contributed by atoms with Gasteiger partial charge in [-0.05, 0) is 79.7 Å². The number of aliphatic carboxylic acids is 2. The number of carboxylic acids is 2. The summed E-state index contributed by atoms with van der Waals surface area (Å²) in [7, 11) is 0. The van der Waals surface area contributed by atoms with Gasteiger partial charge in [-0.3, -0.25) is 14.5 Å². The zero-order valence-electron chi connectivity index (χ0n) is 20.6. The summed E-state index contributed by atoms with van der Waals surface area (Å²) in [6, 6.07) is 6.08. The molecule has 3 unspecified atom stereocenters. The molecular formula is C28H36N2O6. The molecule has 0 aliphatic heterocycles. The van der Waals surface area contributed by atoms with Gasteiger partial charge in [0, 0.05) is 6.04 Å². The SMILES string of the molecule is O=C(O)C(=O)Nc1ccccc1N(C(=O)C(=O)O)C1C[C@H]2CCC[C@@H](C1)C2C1C[C@H]2CCC[C@@H](C1)C2. The standard InChI is InChI=1S/C28H36N2O6/c31-25(27(33)34)29-22-9-1-2-10-23(22)30(26(32)28(35)36)21-14-18-7-4-8-19(15-21)24(18)20-12-16-5-3-6-17(11-16)13-20/h1-2,9-10,16-21,24H,3-8,11-15H2,(H,29,31)(H,33,34)(H,35,36)/t16-,17+,18-,19+,20?,21?,24?. The van der Waals surface area contributed by atoms with Gasteiger partial charge in [-0.25, -0.2) is 9.59 Å². The largest absolute Gasteiger partial charge is 0.474 e. The van der Waals surface area contributed by atoms with Crippen LogP contribution in [-0.4, -0.2) is 40.0 Å². The molecule has 8 heteroatoms. The highest BCUT2D eigenvalue weighted by molar-refractivity contribution is 6.39. The third-order valence-electron chi connectivity index (χ3n) is 9.47. The highest BCUT2D eigenvalue weighted by Crippen LogP contribution is 2.55. The Kier molecular flexibility index (Phi) is 7.04. The number of carboxylic acid groups (broad SMARTS) is 2. The van der Waals surface area contributed by atoms with Gasteiger partial charge < -0.3 is 15.5 Å². The van der Waals surface area contributed by atoms with Gasteiger partial charge in [0.05, 0.1) is 11.4 Å². The molecule has 36 heavy (non-hydrogen) atoms. The van der Waals surface area contributed by atoms with Crippen molar-refractivity contribution < 1.29 is 29.4 Å². The Balaban J connectivity index is 1.42. The molecule has 3 N–H and O–H groups in total. The van der Waals surface area contributed by atoms with Crippen molar-refractivity contribution in [3.05, 3.63) is 24.3 Å². The number of fused-ring (bicyclic) bond motifs is 4. The Bertz CT molecular complexity index is 1010. The number of hydrogen-bond acceptors (Lipinski definition) is 4. The maximum absolute atomic E-state index is 13.0. The summed E-state index contributed by atoms with van der Waals surface area (Å²) in [4.78, 5) is 49.3. The molecule has 4 aliphatic rings. The Morgan fingerprint density at radius 3 is 1.97 bits per heavy atom. The molecule has 194 valence electrons. The van der Waals surface area contributed by atoms with Crippen LogP contribution < -0.4 is 10.2 Å². The van der Waals surface area contributed by atoms with Gasteiger partial charge >= 0.3 is 23.8 Å². The molecule has 2 amide bonds. The van der Waals surface area contributed by atoms with Crippen molar-refractivity contribution >= 4 is 35.1 Å². The van der Waals surface area contributed by atoms with E-state index in [4.69, 9.17) is 5.11 Å². The van der Waals surface area contributed by atoms with E-state index in [1.54, 1.807) is 18.2 Å². The maximum Gasteiger partial charge on any atom is 0.394 e. The number of hydrogen-bond donors (Lipinski definition) is 3. The van der Waals surface area contributed by atoms with Crippen molar-refractivity contribution in [3.8, 4) is 0 Å². The van der Waals surface area contributed by atoms with E-state index in [9.17, 15) is 24.3 Å². The van der Waals surface area contributed by atoms with Crippen LogP contribution in [0.5, 0.6) is 0 Å². The second-order valence-corrected chi connectivity index (χ2v) is 11.5. The van der Waals surface area contributed by atoms with E-state index in [0.717, 1.165) is 43.4 Å². The van der Waals surface area contributed by atoms with Crippen LogP contribution in [0, 0.1) is 35.5 Å². The van der Waals surface area contributed by atoms with Crippen LogP contribution in [0.3, 0.4) is 0 Å². The lowest BCUT2D eigenvalue weighted by Crippen LogP contribution is -2.52. The Labute approximate surface area is 211 Å². The summed E-state index contributed by atoms with van der Waals surface area (Å²) < 4.78 is 0. The zero-order valence-corrected chi connectivity index (χ0v) is 20.6. The number of benzene rings is 1. The molecule has 0 spiro atoms. The average Bonchev–Trinajstić information content (AvgIpc) is 2.84. The van der Waals surface area contributed by atoms with Crippen LogP contribution in [0.1, 0.15) is 70.6 Å². The van der Waals surface area contributed by atoms with Gasteiger partial charge in [-0.1, -0.05) is 50.7 Å². The third-order valence-corrected chi connectivity index (χ3v) is 9.47. The smallest absolute Gasteiger partial charge is 0.394 e. The van der Waals surface area contributed by atoms with Gasteiger partial charge in [0.1, 0.15) is 0 Å². The first-order chi connectivity index (χ1) is 17.3. The predicted molar refractivity (Wildman–Crippen MR) is 133 cm³/mol. The van der Waals surface area contributed by atoms with E-state index in [0.29, 0.717) is 17.8 Å². The second kappa shape index (κ2) is 10.2. The quantitative estimate of drug-likeness (QED) is 0.526. The molecule has 0 saturated heterocycles. The number of rotatable bonds is 4. The molecule has 0 heterocycles. The van der Waals surface area contributed by atoms with Crippen LogP contribution in [0.15, 0.2) is 24.3 Å². The number of nitrogens with zero attached hydrogens (tertiary/aromatic N) is 1. The number of nitrogens with one attached hydrogen (secondary N) is 1. The Morgan fingerprint density at radius 1 is 0.750 bits per heavy atom. The number of para-hydroxylation sites is 2. The molecule has 1 aromatic rings. The van der Waals surface area contributed by atoms with E-state index in [2.05, 4.69) is 5.32 Å². The van der Waals surface area contributed by atoms with E-state index in [-0.39, 0.29) is 17.4 Å². The van der Waals surface area contributed by atoms with Crippen LogP contribution in [0.2, 0.25) is 0 Å². The second-order valence-electron chi connectivity index (χ2n) is 11.5.